The minimum absolute atomic E-state index is 0.131. The number of piperidine rings is 1. The number of nitrogens with one attached hydrogen (secondary N) is 1. The average Bonchev–Trinajstić information content (AvgIpc) is 2.52. The van der Waals surface area contributed by atoms with E-state index in [4.69, 9.17) is 0 Å². The Morgan fingerprint density at radius 3 is 2.64 bits per heavy atom. The molecule has 1 aromatic carbocycles. The van der Waals surface area contributed by atoms with Crippen LogP contribution in [0, 0.1) is 6.92 Å². The van der Waals surface area contributed by atoms with Crippen LogP contribution in [0.2, 0.25) is 0 Å². The van der Waals surface area contributed by atoms with E-state index >= 15 is 0 Å². The van der Waals surface area contributed by atoms with Gasteiger partial charge in [0.25, 0.3) is 0 Å². The van der Waals surface area contributed by atoms with Gasteiger partial charge in [-0.05, 0) is 31.2 Å². The largest absolute Gasteiger partial charge is 0.331 e. The summed E-state index contributed by atoms with van der Waals surface area (Å²) in [6, 6.07) is 9.40. The number of amides is 2. The maximum Gasteiger partial charge on any atom is 0.319 e. The van der Waals surface area contributed by atoms with Crippen molar-refractivity contribution >= 4 is 6.03 Å². The van der Waals surface area contributed by atoms with E-state index in [0.29, 0.717) is 12.0 Å². The first-order valence-corrected chi connectivity index (χ1v) is 8.23. The molecular weight excluding hydrogens is 274 g/mol. The molecule has 2 rings (SSSR count). The molecule has 122 valence electrons. The minimum Gasteiger partial charge on any atom is -0.331 e. The van der Waals surface area contributed by atoms with Crippen molar-refractivity contribution in [1.82, 2.24) is 15.1 Å². The first-order chi connectivity index (χ1) is 10.5. The molecule has 1 fully saturated rings. The van der Waals surface area contributed by atoms with Crippen LogP contribution in [0.25, 0.3) is 0 Å². The lowest BCUT2D eigenvalue weighted by Gasteiger charge is -2.34. The lowest BCUT2D eigenvalue weighted by atomic mass is 9.98. The van der Waals surface area contributed by atoms with Crippen LogP contribution in [0.15, 0.2) is 24.3 Å². The summed E-state index contributed by atoms with van der Waals surface area (Å²) in [6.07, 6.45) is 2.08. The highest BCUT2D eigenvalue weighted by atomic mass is 16.2. The SMILES string of the molecule is Cc1cccc(C(C)CNC2CCN(C(=O)N(C)C)CC2)c1. The van der Waals surface area contributed by atoms with Gasteiger partial charge >= 0.3 is 6.03 Å². The van der Waals surface area contributed by atoms with Crippen LogP contribution in [-0.4, -0.2) is 55.6 Å². The van der Waals surface area contributed by atoms with E-state index in [9.17, 15) is 4.79 Å². The maximum atomic E-state index is 11.9. The van der Waals surface area contributed by atoms with E-state index in [2.05, 4.69) is 43.4 Å². The van der Waals surface area contributed by atoms with Gasteiger partial charge in [-0.1, -0.05) is 36.8 Å². The van der Waals surface area contributed by atoms with E-state index in [1.807, 2.05) is 19.0 Å². The second-order valence-corrected chi connectivity index (χ2v) is 6.66. The molecule has 0 radical (unpaired) electrons. The normalized spacial score (nSPS) is 17.4. The topological polar surface area (TPSA) is 35.6 Å². The molecule has 4 heteroatoms. The van der Waals surface area contributed by atoms with Crippen molar-refractivity contribution in [3.8, 4) is 0 Å². The van der Waals surface area contributed by atoms with E-state index in [1.165, 1.54) is 11.1 Å². The molecule has 1 aliphatic rings. The van der Waals surface area contributed by atoms with Crippen molar-refractivity contribution in [2.45, 2.75) is 38.6 Å². The Kier molecular flexibility index (Phi) is 5.83. The van der Waals surface area contributed by atoms with Crippen LogP contribution in [-0.2, 0) is 0 Å². The summed E-state index contributed by atoms with van der Waals surface area (Å²) in [4.78, 5) is 15.5. The quantitative estimate of drug-likeness (QED) is 0.928. The van der Waals surface area contributed by atoms with E-state index in [1.54, 1.807) is 4.90 Å². The fourth-order valence-electron chi connectivity index (χ4n) is 3.00. The van der Waals surface area contributed by atoms with Gasteiger partial charge in [0.2, 0.25) is 0 Å². The third kappa shape index (κ3) is 4.47. The predicted octanol–water partition coefficient (Wildman–Crippen LogP) is 2.83. The van der Waals surface area contributed by atoms with Crippen LogP contribution < -0.4 is 5.32 Å². The number of likely N-dealkylation sites (tertiary alicyclic amines) is 1. The maximum absolute atomic E-state index is 11.9. The highest BCUT2D eigenvalue weighted by Gasteiger charge is 2.23. The molecule has 0 aromatic heterocycles. The predicted molar refractivity (Wildman–Crippen MR) is 91.3 cm³/mol. The van der Waals surface area contributed by atoms with Gasteiger partial charge in [-0.25, -0.2) is 4.79 Å². The number of hydrogen-bond acceptors (Lipinski definition) is 2. The molecule has 0 aliphatic carbocycles. The fourth-order valence-corrected chi connectivity index (χ4v) is 3.00. The molecular formula is C18H29N3O. The number of rotatable bonds is 4. The summed E-state index contributed by atoms with van der Waals surface area (Å²) in [5.41, 5.74) is 2.72. The summed E-state index contributed by atoms with van der Waals surface area (Å²) in [6.45, 7) is 7.12. The Labute approximate surface area is 134 Å². The number of aryl methyl sites for hydroxylation is 1. The second kappa shape index (κ2) is 7.63. The van der Waals surface area contributed by atoms with Crippen molar-refractivity contribution in [2.75, 3.05) is 33.7 Å². The summed E-state index contributed by atoms with van der Waals surface area (Å²) in [5, 5.41) is 3.68. The Balaban J connectivity index is 1.76. The summed E-state index contributed by atoms with van der Waals surface area (Å²) in [7, 11) is 3.63. The van der Waals surface area contributed by atoms with Crippen LogP contribution in [0.4, 0.5) is 4.79 Å². The van der Waals surface area contributed by atoms with Gasteiger partial charge in [0, 0.05) is 39.8 Å². The highest BCUT2D eigenvalue weighted by molar-refractivity contribution is 5.73. The number of carbonyl (C=O) groups is 1. The molecule has 1 heterocycles. The zero-order chi connectivity index (χ0) is 16.1. The zero-order valence-corrected chi connectivity index (χ0v) is 14.3. The molecule has 4 nitrogen and oxygen atoms in total. The van der Waals surface area contributed by atoms with Crippen molar-refractivity contribution < 1.29 is 4.79 Å². The van der Waals surface area contributed by atoms with Crippen LogP contribution >= 0.6 is 0 Å². The molecule has 1 unspecified atom stereocenters. The van der Waals surface area contributed by atoms with Gasteiger partial charge in [0.1, 0.15) is 0 Å². The summed E-state index contributed by atoms with van der Waals surface area (Å²) < 4.78 is 0. The van der Waals surface area contributed by atoms with E-state index < -0.39 is 0 Å². The Bertz CT molecular complexity index is 493. The van der Waals surface area contributed by atoms with Crippen molar-refractivity contribution in [2.24, 2.45) is 0 Å². The third-order valence-corrected chi connectivity index (χ3v) is 4.47. The van der Waals surface area contributed by atoms with Gasteiger partial charge in [-0.2, -0.15) is 0 Å². The molecule has 0 spiro atoms. The standard InChI is InChI=1S/C18H29N3O/c1-14-6-5-7-16(12-14)15(2)13-19-17-8-10-21(11-9-17)18(22)20(3)4/h5-7,12,15,17,19H,8-11,13H2,1-4H3. The van der Waals surface area contributed by atoms with Crippen LogP contribution in [0.1, 0.15) is 36.8 Å². The Hall–Kier alpha value is -1.55. The number of benzene rings is 1. The first-order valence-electron chi connectivity index (χ1n) is 8.23. The Morgan fingerprint density at radius 1 is 1.36 bits per heavy atom. The lowest BCUT2D eigenvalue weighted by molar-refractivity contribution is 0.152. The van der Waals surface area contributed by atoms with E-state index in [0.717, 1.165) is 32.5 Å². The van der Waals surface area contributed by atoms with Gasteiger partial charge in [0.15, 0.2) is 0 Å². The van der Waals surface area contributed by atoms with Gasteiger partial charge in [-0.3, -0.25) is 0 Å². The third-order valence-electron chi connectivity index (χ3n) is 4.47. The second-order valence-electron chi connectivity index (χ2n) is 6.66. The smallest absolute Gasteiger partial charge is 0.319 e. The summed E-state index contributed by atoms with van der Waals surface area (Å²) in [5.74, 6) is 0.515. The van der Waals surface area contributed by atoms with Crippen molar-refractivity contribution in [3.63, 3.8) is 0 Å². The molecule has 1 aromatic rings. The molecule has 1 saturated heterocycles. The van der Waals surface area contributed by atoms with Crippen molar-refractivity contribution in [1.29, 1.82) is 0 Å². The molecule has 1 N–H and O–H groups in total. The average molecular weight is 303 g/mol. The number of urea groups is 1. The zero-order valence-electron chi connectivity index (χ0n) is 14.3. The number of carbonyl (C=O) groups excluding carboxylic acids is 1. The molecule has 0 bridgehead atoms. The van der Waals surface area contributed by atoms with Gasteiger partial charge in [0.05, 0.1) is 0 Å². The number of nitrogens with zero attached hydrogens (tertiary/aromatic N) is 2. The Morgan fingerprint density at radius 2 is 2.05 bits per heavy atom. The van der Waals surface area contributed by atoms with Gasteiger partial charge in [-0.15, -0.1) is 0 Å². The molecule has 1 atom stereocenters. The van der Waals surface area contributed by atoms with Crippen LogP contribution in [0.5, 0.6) is 0 Å². The molecule has 1 aliphatic heterocycles. The van der Waals surface area contributed by atoms with Crippen molar-refractivity contribution in [3.05, 3.63) is 35.4 Å². The molecule has 2 amide bonds. The monoisotopic (exact) mass is 303 g/mol. The highest BCUT2D eigenvalue weighted by Crippen LogP contribution is 2.17. The van der Waals surface area contributed by atoms with E-state index in [-0.39, 0.29) is 6.03 Å². The van der Waals surface area contributed by atoms with Crippen LogP contribution in [0.3, 0.4) is 0 Å². The fraction of sp³-hybridized carbons (Fsp3) is 0.611. The minimum atomic E-state index is 0.131. The van der Waals surface area contributed by atoms with Gasteiger partial charge < -0.3 is 15.1 Å². The molecule has 0 saturated carbocycles. The first kappa shape index (κ1) is 16.8. The number of hydrogen-bond donors (Lipinski definition) is 1. The summed E-state index contributed by atoms with van der Waals surface area (Å²) >= 11 is 0. The lowest BCUT2D eigenvalue weighted by Crippen LogP contribution is -2.48. The molecule has 22 heavy (non-hydrogen) atoms.